The number of piperidine rings is 1. The number of amides is 2. The van der Waals surface area contributed by atoms with Crippen LogP contribution in [-0.2, 0) is 20.5 Å². The van der Waals surface area contributed by atoms with Crippen LogP contribution in [0, 0.1) is 5.41 Å². The zero-order chi connectivity index (χ0) is 25.4. The van der Waals surface area contributed by atoms with Gasteiger partial charge in [0.2, 0.25) is 5.91 Å². The molecule has 0 radical (unpaired) electrons. The van der Waals surface area contributed by atoms with E-state index in [1.807, 2.05) is 6.92 Å². The van der Waals surface area contributed by atoms with E-state index in [1.54, 1.807) is 11.8 Å². The third-order valence-corrected chi connectivity index (χ3v) is 6.42. The number of carbonyl (C=O) groups excluding carboxylic acids is 3. The average Bonchev–Trinajstić information content (AvgIpc) is 3.38. The van der Waals surface area contributed by atoms with Crippen molar-refractivity contribution in [2.75, 3.05) is 13.2 Å². The summed E-state index contributed by atoms with van der Waals surface area (Å²) in [4.78, 5) is 39.2. The summed E-state index contributed by atoms with van der Waals surface area (Å²) < 4.78 is 48.6. The van der Waals surface area contributed by atoms with E-state index in [9.17, 15) is 27.6 Å². The van der Waals surface area contributed by atoms with Gasteiger partial charge in [0.25, 0.3) is 5.91 Å². The Kier molecular flexibility index (Phi) is 6.48. The molecule has 2 aromatic rings. The summed E-state index contributed by atoms with van der Waals surface area (Å²) in [6.45, 7) is 3.71. The van der Waals surface area contributed by atoms with Gasteiger partial charge in [-0.3, -0.25) is 9.59 Å². The number of alkyl halides is 3. The minimum Gasteiger partial charge on any atom is -0.464 e. The normalized spacial score (nSPS) is 22.8. The number of likely N-dealkylation sites (tertiary alicyclic amines) is 1. The molecular weight excluding hydrogens is 465 g/mol. The molecule has 1 aliphatic carbocycles. The first-order valence-corrected chi connectivity index (χ1v) is 11.2. The third-order valence-electron chi connectivity index (χ3n) is 6.42. The fraction of sp³-hybridized carbons (Fsp3) is 0.400. The van der Waals surface area contributed by atoms with Crippen LogP contribution in [0.3, 0.4) is 0 Å². The summed E-state index contributed by atoms with van der Waals surface area (Å²) in [5.41, 5.74) is -0.586. The lowest BCUT2D eigenvalue weighted by Crippen LogP contribution is -2.48. The Labute approximate surface area is 200 Å². The average molecular weight is 490 g/mol. The van der Waals surface area contributed by atoms with Crippen LogP contribution in [0.4, 0.5) is 13.2 Å². The van der Waals surface area contributed by atoms with E-state index < -0.39 is 29.7 Å². The molecule has 3 atom stereocenters. The van der Waals surface area contributed by atoms with E-state index in [0.717, 1.165) is 18.6 Å². The van der Waals surface area contributed by atoms with Crippen molar-refractivity contribution in [2.45, 2.75) is 44.9 Å². The molecule has 1 N–H and O–H groups in total. The fourth-order valence-electron chi connectivity index (χ4n) is 4.45. The zero-order valence-corrected chi connectivity index (χ0v) is 19.2. The number of benzene rings is 2. The molecule has 1 aliphatic heterocycles. The molecule has 35 heavy (non-hydrogen) atoms. The van der Waals surface area contributed by atoms with Gasteiger partial charge in [0, 0.05) is 11.6 Å². The van der Waals surface area contributed by atoms with Gasteiger partial charge in [-0.2, -0.15) is 13.2 Å². The summed E-state index contributed by atoms with van der Waals surface area (Å²) in [5, 5.41) is 2.58. The zero-order valence-electron chi connectivity index (χ0n) is 19.2. The maximum absolute atomic E-state index is 12.8. The number of nitrogens with zero attached hydrogens (tertiary/aromatic N) is 1. The summed E-state index contributed by atoms with van der Waals surface area (Å²) in [5.74, 6) is -0.701. The van der Waals surface area contributed by atoms with Gasteiger partial charge in [-0.1, -0.05) is 6.92 Å². The van der Waals surface area contributed by atoms with Crippen LogP contribution in [-0.4, -0.2) is 47.9 Å². The highest BCUT2D eigenvalue weighted by atomic mass is 19.4. The second-order valence-electron chi connectivity index (χ2n) is 8.98. The number of halogens is 3. The molecule has 0 aromatic heterocycles. The minimum absolute atomic E-state index is 0.0251. The molecule has 2 aromatic carbocycles. The van der Waals surface area contributed by atoms with Crippen LogP contribution >= 0.6 is 0 Å². The van der Waals surface area contributed by atoms with Crippen LogP contribution in [0.15, 0.2) is 48.5 Å². The monoisotopic (exact) mass is 490 g/mol. The molecule has 1 saturated carbocycles. The van der Waals surface area contributed by atoms with Crippen molar-refractivity contribution in [1.29, 1.82) is 0 Å². The lowest BCUT2D eigenvalue weighted by molar-refractivity contribution is -0.153. The molecule has 2 amide bonds. The Balaban J connectivity index is 1.32. The maximum atomic E-state index is 12.8. The number of esters is 1. The van der Waals surface area contributed by atoms with E-state index in [1.165, 1.54) is 36.4 Å². The first-order chi connectivity index (χ1) is 16.5. The Bertz CT molecular complexity index is 1120. The highest BCUT2D eigenvalue weighted by Gasteiger charge is 2.64. The summed E-state index contributed by atoms with van der Waals surface area (Å²) in [6.07, 6.45) is -3.05. The van der Waals surface area contributed by atoms with Crippen LogP contribution in [0.1, 0.15) is 42.6 Å². The third kappa shape index (κ3) is 5.26. The van der Waals surface area contributed by atoms with Crippen molar-refractivity contribution in [3.05, 3.63) is 59.7 Å². The van der Waals surface area contributed by atoms with Crippen LogP contribution in [0.2, 0.25) is 0 Å². The van der Waals surface area contributed by atoms with Crippen LogP contribution in [0.5, 0.6) is 11.5 Å². The number of rotatable bonds is 7. The molecule has 1 saturated heterocycles. The Morgan fingerprint density at radius 3 is 2.20 bits per heavy atom. The SMILES string of the molecule is CCOC(=O)[C@@H]1C[C@]2(C)C[C@@H]2N1C(=O)CNC(=O)c1ccc(Oc2ccc(C(F)(F)F)cc2)cc1. The number of hydrogen-bond donors (Lipinski definition) is 1. The summed E-state index contributed by atoms with van der Waals surface area (Å²) in [7, 11) is 0. The Morgan fingerprint density at radius 1 is 1.03 bits per heavy atom. The number of fused-ring (bicyclic) bond motifs is 1. The topological polar surface area (TPSA) is 84.9 Å². The summed E-state index contributed by atoms with van der Waals surface area (Å²) in [6, 6.07) is 9.57. The molecule has 1 heterocycles. The van der Waals surface area contributed by atoms with Gasteiger partial charge in [-0.15, -0.1) is 0 Å². The molecule has 186 valence electrons. The minimum atomic E-state index is -4.43. The quantitative estimate of drug-likeness (QED) is 0.589. The fourth-order valence-corrected chi connectivity index (χ4v) is 4.45. The van der Waals surface area contributed by atoms with Gasteiger partial charge in [0.05, 0.1) is 18.7 Å². The van der Waals surface area contributed by atoms with Gasteiger partial charge in [0.15, 0.2) is 0 Å². The highest BCUT2D eigenvalue weighted by molar-refractivity contribution is 5.97. The largest absolute Gasteiger partial charge is 0.464 e. The van der Waals surface area contributed by atoms with Crippen molar-refractivity contribution >= 4 is 17.8 Å². The number of nitrogens with one attached hydrogen (secondary N) is 1. The smallest absolute Gasteiger partial charge is 0.416 e. The number of carbonyl (C=O) groups is 3. The molecule has 4 rings (SSSR count). The van der Waals surface area contributed by atoms with Gasteiger partial charge in [0.1, 0.15) is 17.5 Å². The van der Waals surface area contributed by atoms with Gasteiger partial charge in [-0.05, 0) is 73.7 Å². The Hall–Kier alpha value is -3.56. The predicted octanol–water partition coefficient (Wildman–Crippen LogP) is 4.17. The van der Waals surface area contributed by atoms with Gasteiger partial charge in [-0.25, -0.2) is 4.79 Å². The number of hydrogen-bond acceptors (Lipinski definition) is 5. The second kappa shape index (κ2) is 9.24. The number of ether oxygens (including phenoxy) is 2. The molecule has 10 heteroatoms. The molecule has 0 bridgehead atoms. The summed E-state index contributed by atoms with van der Waals surface area (Å²) >= 11 is 0. The lowest BCUT2D eigenvalue weighted by Gasteiger charge is -2.26. The van der Waals surface area contributed by atoms with Crippen molar-refractivity contribution in [3.63, 3.8) is 0 Å². The van der Waals surface area contributed by atoms with E-state index >= 15 is 0 Å². The molecule has 0 unspecified atom stereocenters. The maximum Gasteiger partial charge on any atom is 0.416 e. The Morgan fingerprint density at radius 2 is 1.63 bits per heavy atom. The molecular formula is C25H25F3N2O5. The molecule has 0 spiro atoms. The molecule has 2 fully saturated rings. The van der Waals surface area contributed by atoms with Crippen LogP contribution in [0.25, 0.3) is 0 Å². The van der Waals surface area contributed by atoms with Crippen LogP contribution < -0.4 is 10.1 Å². The van der Waals surface area contributed by atoms with Crippen molar-refractivity contribution in [1.82, 2.24) is 10.2 Å². The second-order valence-corrected chi connectivity index (χ2v) is 8.98. The van der Waals surface area contributed by atoms with E-state index in [0.29, 0.717) is 12.2 Å². The van der Waals surface area contributed by atoms with Crippen molar-refractivity contribution in [2.24, 2.45) is 5.41 Å². The van der Waals surface area contributed by atoms with E-state index in [2.05, 4.69) is 5.32 Å². The van der Waals surface area contributed by atoms with E-state index in [4.69, 9.17) is 9.47 Å². The van der Waals surface area contributed by atoms with Crippen molar-refractivity contribution < 1.29 is 37.0 Å². The first kappa shape index (κ1) is 24.6. The van der Waals surface area contributed by atoms with Gasteiger partial charge >= 0.3 is 12.1 Å². The predicted molar refractivity (Wildman–Crippen MR) is 119 cm³/mol. The van der Waals surface area contributed by atoms with E-state index in [-0.39, 0.29) is 41.8 Å². The lowest BCUT2D eigenvalue weighted by atomic mass is 10.0. The first-order valence-electron chi connectivity index (χ1n) is 11.2. The van der Waals surface area contributed by atoms with Gasteiger partial charge < -0.3 is 19.7 Å². The van der Waals surface area contributed by atoms with Crippen molar-refractivity contribution in [3.8, 4) is 11.5 Å². The molecule has 7 nitrogen and oxygen atoms in total. The molecule has 2 aliphatic rings. The standard InChI is InChI=1S/C25H25F3N2O5/c1-3-34-23(33)19-12-24(2)13-20(24)30(19)21(31)14-29-22(32)15-4-8-17(9-5-15)35-18-10-6-16(7-11-18)25(26,27)28/h4-11,19-20H,3,12-14H2,1-2H3,(H,29,32)/t19-,20-,24+/m0/s1. The highest BCUT2D eigenvalue weighted by Crippen LogP contribution is 2.59.